The summed E-state index contributed by atoms with van der Waals surface area (Å²) in [5.74, 6) is 1.85. The van der Waals surface area contributed by atoms with Crippen LogP contribution in [0.15, 0.2) is 12.3 Å². The first-order valence-corrected chi connectivity index (χ1v) is 15.0. The van der Waals surface area contributed by atoms with Gasteiger partial charge in [0.05, 0.1) is 13.2 Å². The van der Waals surface area contributed by atoms with Crippen LogP contribution in [0, 0.1) is 0 Å². The molecule has 1 aromatic heterocycles. The van der Waals surface area contributed by atoms with Gasteiger partial charge in [-0.1, -0.05) is 32.1 Å². The summed E-state index contributed by atoms with van der Waals surface area (Å²) >= 11 is 0. The lowest BCUT2D eigenvalue weighted by molar-refractivity contribution is -0.126. The highest BCUT2D eigenvalue weighted by molar-refractivity contribution is 5.81. The third-order valence-corrected chi connectivity index (χ3v) is 8.73. The molecule has 0 spiro atoms. The monoisotopic (exact) mass is 513 g/mol. The molecule has 3 saturated heterocycles. The van der Waals surface area contributed by atoms with E-state index in [1.165, 1.54) is 64.2 Å². The van der Waals surface area contributed by atoms with Crippen molar-refractivity contribution >= 4 is 17.7 Å². The number of likely N-dealkylation sites (tertiary alicyclic amines) is 1. The van der Waals surface area contributed by atoms with E-state index in [2.05, 4.69) is 36.8 Å². The van der Waals surface area contributed by atoms with Crippen LogP contribution in [0.3, 0.4) is 0 Å². The molecule has 1 amide bonds. The summed E-state index contributed by atoms with van der Waals surface area (Å²) in [5, 5.41) is 10.2. The minimum atomic E-state index is -0.237. The molecule has 4 fully saturated rings. The van der Waals surface area contributed by atoms with Crippen LogP contribution in [-0.2, 0) is 9.53 Å². The smallest absolute Gasteiger partial charge is 0.239 e. The maximum absolute atomic E-state index is 12.7. The second kappa shape index (κ2) is 13.7. The van der Waals surface area contributed by atoms with Gasteiger partial charge in [0.15, 0.2) is 0 Å². The topological polar surface area (TPSA) is 94.7 Å². The van der Waals surface area contributed by atoms with Gasteiger partial charge in [-0.15, -0.1) is 0 Å². The predicted molar refractivity (Wildman–Crippen MR) is 147 cm³/mol. The maximum Gasteiger partial charge on any atom is 0.239 e. The van der Waals surface area contributed by atoms with Crippen LogP contribution in [0.25, 0.3) is 0 Å². The molecule has 1 saturated carbocycles. The van der Waals surface area contributed by atoms with Gasteiger partial charge in [0, 0.05) is 50.5 Å². The molecule has 3 unspecified atom stereocenters. The van der Waals surface area contributed by atoms with Crippen LogP contribution in [-0.4, -0.2) is 90.9 Å². The predicted octanol–water partition coefficient (Wildman–Crippen LogP) is 2.93. The number of anilines is 2. The van der Waals surface area contributed by atoms with E-state index in [9.17, 15) is 4.79 Å². The molecule has 4 aliphatic rings. The third-order valence-electron chi connectivity index (χ3n) is 8.73. The Balaban J connectivity index is 1.25. The number of morpholine rings is 1. The normalized spacial score (nSPS) is 28.4. The number of aromatic nitrogens is 2. The molecule has 0 aromatic carbocycles. The van der Waals surface area contributed by atoms with Crippen molar-refractivity contribution in [2.24, 2.45) is 0 Å². The average molecular weight is 514 g/mol. The summed E-state index contributed by atoms with van der Waals surface area (Å²) in [4.78, 5) is 27.5. The Hall–Kier alpha value is -1.97. The van der Waals surface area contributed by atoms with Crippen LogP contribution in [0.5, 0.6) is 0 Å². The van der Waals surface area contributed by atoms with Gasteiger partial charge in [-0.2, -0.15) is 4.98 Å². The van der Waals surface area contributed by atoms with Crippen molar-refractivity contribution in [1.29, 1.82) is 0 Å². The van der Waals surface area contributed by atoms with Crippen molar-refractivity contribution in [3.8, 4) is 0 Å². The summed E-state index contributed by atoms with van der Waals surface area (Å²) < 4.78 is 5.48. The zero-order valence-corrected chi connectivity index (χ0v) is 22.5. The summed E-state index contributed by atoms with van der Waals surface area (Å²) in [5.41, 5.74) is 0. The molecular weight excluding hydrogens is 466 g/mol. The Kier molecular flexibility index (Phi) is 9.87. The Morgan fingerprint density at radius 3 is 2.62 bits per heavy atom. The highest BCUT2D eigenvalue weighted by Gasteiger charge is 2.36. The van der Waals surface area contributed by atoms with E-state index >= 15 is 0 Å². The van der Waals surface area contributed by atoms with Crippen molar-refractivity contribution in [2.75, 3.05) is 56.2 Å². The summed E-state index contributed by atoms with van der Waals surface area (Å²) in [6.45, 7) is 5.86. The van der Waals surface area contributed by atoms with Crippen molar-refractivity contribution in [3.05, 3.63) is 12.3 Å². The van der Waals surface area contributed by atoms with Crippen molar-refractivity contribution in [3.63, 3.8) is 0 Å². The van der Waals surface area contributed by atoms with E-state index in [0.717, 1.165) is 50.8 Å². The number of ether oxygens (including phenoxy) is 1. The standard InChI is InChI=1S/C28H47N7O2/c36-27(24-21-37-20-16-29-24)30-14-12-25-23(11-8-19-35(25)22-9-4-3-5-10-22)32-28-31-15-13-26(33-28)34-17-6-1-2-7-18-34/h13,15,22-25,29H,1-12,14,16-21H2,(H,30,36)(H,31,32,33). The van der Waals surface area contributed by atoms with Gasteiger partial charge in [-0.25, -0.2) is 4.98 Å². The fourth-order valence-corrected chi connectivity index (χ4v) is 6.75. The van der Waals surface area contributed by atoms with Gasteiger partial charge in [0.2, 0.25) is 11.9 Å². The minimum Gasteiger partial charge on any atom is -0.378 e. The minimum absolute atomic E-state index is 0.0534. The second-order valence-electron chi connectivity index (χ2n) is 11.3. The maximum atomic E-state index is 12.7. The van der Waals surface area contributed by atoms with E-state index < -0.39 is 0 Å². The zero-order valence-electron chi connectivity index (χ0n) is 22.5. The van der Waals surface area contributed by atoms with Crippen molar-refractivity contribution in [1.82, 2.24) is 25.5 Å². The number of amides is 1. The number of rotatable bonds is 8. The number of carbonyl (C=O) groups is 1. The quantitative estimate of drug-likeness (QED) is 0.489. The lowest BCUT2D eigenvalue weighted by Gasteiger charge is -2.47. The Morgan fingerprint density at radius 1 is 1.03 bits per heavy atom. The number of nitrogens with one attached hydrogen (secondary N) is 3. The molecule has 3 atom stereocenters. The van der Waals surface area contributed by atoms with Gasteiger partial charge in [0.25, 0.3) is 0 Å². The summed E-state index contributed by atoms with van der Waals surface area (Å²) in [7, 11) is 0. The number of carbonyl (C=O) groups excluding carboxylic acids is 1. The molecule has 5 rings (SSSR count). The van der Waals surface area contributed by atoms with E-state index in [4.69, 9.17) is 9.72 Å². The lowest BCUT2D eigenvalue weighted by Crippen LogP contribution is -2.57. The van der Waals surface area contributed by atoms with Crippen LogP contribution in [0.1, 0.15) is 77.0 Å². The summed E-state index contributed by atoms with van der Waals surface area (Å²) in [6, 6.07) is 3.11. The number of nitrogens with zero attached hydrogens (tertiary/aromatic N) is 4. The molecule has 9 nitrogen and oxygen atoms in total. The molecule has 0 bridgehead atoms. The molecule has 0 radical (unpaired) electrons. The largest absolute Gasteiger partial charge is 0.378 e. The van der Waals surface area contributed by atoms with Gasteiger partial charge < -0.3 is 25.6 Å². The number of piperidine rings is 1. The van der Waals surface area contributed by atoms with Crippen molar-refractivity contribution in [2.45, 2.75) is 101 Å². The summed E-state index contributed by atoms with van der Waals surface area (Å²) in [6.07, 6.45) is 16.8. The Morgan fingerprint density at radius 2 is 1.84 bits per heavy atom. The molecule has 37 heavy (non-hydrogen) atoms. The SMILES string of the molecule is O=C(NCCC1C(Nc2nccc(N3CCCCCC3)n2)CCCN1C1CCCCC1)C1COCCN1. The van der Waals surface area contributed by atoms with Crippen LogP contribution in [0.2, 0.25) is 0 Å². The lowest BCUT2D eigenvalue weighted by atomic mass is 9.87. The molecular formula is C28H47N7O2. The van der Waals surface area contributed by atoms with Crippen LogP contribution >= 0.6 is 0 Å². The second-order valence-corrected chi connectivity index (χ2v) is 11.3. The fourth-order valence-electron chi connectivity index (χ4n) is 6.75. The first-order valence-electron chi connectivity index (χ1n) is 15.0. The average Bonchev–Trinajstić information content (AvgIpc) is 3.25. The molecule has 1 aliphatic carbocycles. The van der Waals surface area contributed by atoms with E-state index in [-0.39, 0.29) is 18.0 Å². The van der Waals surface area contributed by atoms with Crippen molar-refractivity contribution < 1.29 is 9.53 Å². The van der Waals surface area contributed by atoms with E-state index in [0.29, 0.717) is 31.8 Å². The molecule has 3 aliphatic heterocycles. The molecule has 3 N–H and O–H groups in total. The van der Waals surface area contributed by atoms with Crippen LogP contribution < -0.4 is 20.9 Å². The molecule has 9 heteroatoms. The zero-order chi connectivity index (χ0) is 25.3. The molecule has 206 valence electrons. The molecule has 1 aromatic rings. The highest BCUT2D eigenvalue weighted by Crippen LogP contribution is 2.31. The third kappa shape index (κ3) is 7.33. The first kappa shape index (κ1) is 26.6. The fraction of sp³-hybridized carbons (Fsp3) is 0.821. The molecule has 4 heterocycles. The Labute approximate surface area is 222 Å². The van der Waals surface area contributed by atoms with Gasteiger partial charge >= 0.3 is 0 Å². The van der Waals surface area contributed by atoms with E-state index in [1.807, 2.05) is 6.20 Å². The van der Waals surface area contributed by atoms with E-state index in [1.54, 1.807) is 0 Å². The van der Waals surface area contributed by atoms with Crippen LogP contribution in [0.4, 0.5) is 11.8 Å². The van der Waals surface area contributed by atoms with Gasteiger partial charge in [0.1, 0.15) is 11.9 Å². The highest BCUT2D eigenvalue weighted by atomic mass is 16.5. The first-order chi connectivity index (χ1) is 18.3. The number of hydrogen-bond donors (Lipinski definition) is 3. The van der Waals surface area contributed by atoms with Gasteiger partial charge in [-0.05, 0) is 57.6 Å². The van der Waals surface area contributed by atoms with Gasteiger partial charge in [-0.3, -0.25) is 9.69 Å². The Bertz CT molecular complexity index is 836. The number of hydrogen-bond acceptors (Lipinski definition) is 8.